The number of aryl methyl sites for hydroxylation is 3. The Bertz CT molecular complexity index is 1870. The first kappa shape index (κ1) is 49.4. The van der Waals surface area contributed by atoms with Crippen LogP contribution in [-0.4, -0.2) is 21.4 Å². The Morgan fingerprint density at radius 1 is 0.525 bits per heavy atom. The molecule has 2 N–H and O–H groups in total. The lowest BCUT2D eigenvalue weighted by Crippen LogP contribution is -2.36. The van der Waals surface area contributed by atoms with Crippen molar-refractivity contribution in [2.45, 2.75) is 204 Å². The molecule has 0 saturated carbocycles. The third-order valence-corrected chi connectivity index (χ3v) is 12.3. The van der Waals surface area contributed by atoms with E-state index in [1.807, 2.05) is 26.0 Å². The van der Waals surface area contributed by atoms with E-state index in [1.165, 1.54) is 46.3 Å². The second kappa shape index (κ2) is 23.8. The molecule has 326 valence electrons. The number of hydrogen-bond donors (Lipinski definition) is 2. The molecule has 0 fully saturated rings. The highest BCUT2D eigenvalue weighted by Gasteiger charge is 2.33. The topological polar surface area (TPSA) is 58.9 Å². The van der Waals surface area contributed by atoms with Crippen molar-refractivity contribution in [2.75, 3.05) is 0 Å². The fraction of sp³-hybridized carbons (Fsp3) is 0.564. The monoisotopic (exact) mass is 807 g/mol. The minimum atomic E-state index is -0.126. The SMILES string of the molecule is CC(C)=CCC/C(C)=C/CC/C(C)=C/CCC1(C)CCc2cc(O)c(C)c(C)c2O1.CC(C)=CCC/C(C)=C/CC/C(C)=C/CCC1(C)CCc2cc(O)cc(C)c2O1. The molecule has 0 radical (unpaired) electrons. The van der Waals surface area contributed by atoms with Gasteiger partial charge in [-0.15, -0.1) is 0 Å². The summed E-state index contributed by atoms with van der Waals surface area (Å²) in [6.45, 7) is 28.2. The zero-order chi connectivity index (χ0) is 43.8. The summed E-state index contributed by atoms with van der Waals surface area (Å²) in [5, 5.41) is 19.9. The van der Waals surface area contributed by atoms with Crippen molar-refractivity contribution < 1.29 is 19.7 Å². The molecule has 0 saturated heterocycles. The highest BCUT2D eigenvalue weighted by molar-refractivity contribution is 5.53. The van der Waals surface area contributed by atoms with Crippen LogP contribution in [0.5, 0.6) is 23.0 Å². The highest BCUT2D eigenvalue weighted by atomic mass is 16.5. The number of hydrogen-bond acceptors (Lipinski definition) is 4. The minimum absolute atomic E-state index is 0.118. The van der Waals surface area contributed by atoms with Gasteiger partial charge in [0.05, 0.1) is 0 Å². The zero-order valence-electron chi connectivity index (χ0n) is 39.7. The van der Waals surface area contributed by atoms with Gasteiger partial charge in [0.25, 0.3) is 0 Å². The van der Waals surface area contributed by atoms with Crippen LogP contribution in [0.3, 0.4) is 0 Å². The first-order valence-electron chi connectivity index (χ1n) is 22.7. The molecule has 4 heteroatoms. The number of phenols is 2. The zero-order valence-corrected chi connectivity index (χ0v) is 39.7. The molecule has 4 rings (SSSR count). The van der Waals surface area contributed by atoms with E-state index < -0.39 is 0 Å². The highest BCUT2D eigenvalue weighted by Crippen LogP contribution is 2.42. The second-order valence-corrected chi connectivity index (χ2v) is 19.0. The van der Waals surface area contributed by atoms with Gasteiger partial charge in [0.1, 0.15) is 34.2 Å². The Hall–Kier alpha value is -3.92. The maximum absolute atomic E-state index is 10.1. The fourth-order valence-corrected chi connectivity index (χ4v) is 8.10. The Balaban J connectivity index is 0.000000316. The van der Waals surface area contributed by atoms with E-state index in [4.69, 9.17) is 9.47 Å². The number of aromatic hydroxyl groups is 2. The Kier molecular flexibility index (Phi) is 19.9. The summed E-state index contributed by atoms with van der Waals surface area (Å²) in [4.78, 5) is 0. The summed E-state index contributed by atoms with van der Waals surface area (Å²) in [7, 11) is 0. The van der Waals surface area contributed by atoms with Gasteiger partial charge in [-0.2, -0.15) is 0 Å². The van der Waals surface area contributed by atoms with Crippen molar-refractivity contribution in [2.24, 2.45) is 0 Å². The fourth-order valence-electron chi connectivity index (χ4n) is 8.10. The molecule has 4 nitrogen and oxygen atoms in total. The smallest absolute Gasteiger partial charge is 0.126 e. The number of allylic oxidation sites excluding steroid dienone is 12. The normalized spacial score (nSPS) is 19.4. The van der Waals surface area contributed by atoms with Gasteiger partial charge in [-0.1, -0.05) is 69.9 Å². The van der Waals surface area contributed by atoms with Crippen molar-refractivity contribution in [3.8, 4) is 23.0 Å². The van der Waals surface area contributed by atoms with Crippen LogP contribution in [0.4, 0.5) is 0 Å². The molecule has 2 unspecified atom stereocenters. The van der Waals surface area contributed by atoms with Crippen molar-refractivity contribution in [1.29, 1.82) is 0 Å². The number of fused-ring (bicyclic) bond motifs is 2. The largest absolute Gasteiger partial charge is 0.508 e. The van der Waals surface area contributed by atoms with Crippen LogP contribution in [0, 0.1) is 20.8 Å². The average Bonchev–Trinajstić information content (AvgIpc) is 3.15. The standard InChI is InChI=1S/C28H42O2.C27H40O2/c1-20(2)11-8-12-21(3)13-9-14-22(4)15-10-17-28(7)18-16-25-19-26(29)23(5)24(6)27(25)30-28;1-20(2)10-7-11-21(3)12-8-13-22(4)14-9-16-27(6)17-15-24-19-25(28)18-23(5)26(24)29-27/h11,13,15,19,29H,8-10,12,14,16-18H2,1-7H3;10,12,14,18-19,28H,7-9,11,13,15-17H2,1-6H3/b21-13+,22-15+;21-12+,22-14+. The van der Waals surface area contributed by atoms with Crippen LogP contribution in [0.1, 0.15) is 187 Å². The number of rotatable bonds is 18. The molecule has 2 atom stereocenters. The third kappa shape index (κ3) is 17.3. The van der Waals surface area contributed by atoms with Crippen LogP contribution in [0.2, 0.25) is 0 Å². The number of ether oxygens (including phenoxy) is 2. The van der Waals surface area contributed by atoms with Crippen molar-refractivity contribution >= 4 is 0 Å². The molecule has 0 spiro atoms. The summed E-state index contributed by atoms with van der Waals surface area (Å²) in [5.74, 6) is 2.70. The molecule has 59 heavy (non-hydrogen) atoms. The Morgan fingerprint density at radius 2 is 0.915 bits per heavy atom. The lowest BCUT2D eigenvalue weighted by atomic mass is 9.87. The molecule has 0 bridgehead atoms. The summed E-state index contributed by atoms with van der Waals surface area (Å²) < 4.78 is 12.9. The van der Waals surface area contributed by atoms with Crippen LogP contribution < -0.4 is 9.47 Å². The van der Waals surface area contributed by atoms with Crippen molar-refractivity contribution in [3.05, 3.63) is 116 Å². The van der Waals surface area contributed by atoms with Gasteiger partial charge in [0.15, 0.2) is 0 Å². The molecule has 2 heterocycles. The second-order valence-electron chi connectivity index (χ2n) is 19.0. The average molecular weight is 807 g/mol. The lowest BCUT2D eigenvalue weighted by Gasteiger charge is -2.37. The molecule has 2 aliphatic rings. The summed E-state index contributed by atoms with van der Waals surface area (Å²) in [6.07, 6.45) is 31.5. The third-order valence-electron chi connectivity index (χ3n) is 12.3. The van der Waals surface area contributed by atoms with Gasteiger partial charge in [-0.05, 0) is 239 Å². The van der Waals surface area contributed by atoms with Crippen LogP contribution >= 0.6 is 0 Å². The number of phenolic OH excluding ortho intramolecular Hbond substituents is 2. The first-order valence-corrected chi connectivity index (χ1v) is 22.7. The van der Waals surface area contributed by atoms with Crippen molar-refractivity contribution in [1.82, 2.24) is 0 Å². The van der Waals surface area contributed by atoms with Gasteiger partial charge < -0.3 is 19.7 Å². The maximum atomic E-state index is 10.1. The molecule has 2 aromatic carbocycles. The summed E-state index contributed by atoms with van der Waals surface area (Å²) in [5.41, 5.74) is 13.8. The van der Waals surface area contributed by atoms with Gasteiger partial charge in [-0.25, -0.2) is 0 Å². The van der Waals surface area contributed by atoms with E-state index >= 15 is 0 Å². The van der Waals surface area contributed by atoms with Crippen LogP contribution in [0.15, 0.2) is 88.1 Å². The quantitative estimate of drug-likeness (QED) is 0.147. The van der Waals surface area contributed by atoms with E-state index in [1.54, 1.807) is 6.07 Å². The Labute approximate surface area is 361 Å². The lowest BCUT2D eigenvalue weighted by molar-refractivity contribution is 0.0558. The van der Waals surface area contributed by atoms with E-state index in [-0.39, 0.29) is 11.2 Å². The Morgan fingerprint density at radius 3 is 1.36 bits per heavy atom. The van der Waals surface area contributed by atoms with Crippen LogP contribution in [0.25, 0.3) is 0 Å². The molecule has 2 aromatic rings. The van der Waals surface area contributed by atoms with E-state index in [0.717, 1.165) is 129 Å². The molecular formula is C55H82O4. The molecule has 0 amide bonds. The van der Waals surface area contributed by atoms with E-state index in [2.05, 4.69) is 113 Å². The predicted octanol–water partition coefficient (Wildman–Crippen LogP) is 16.3. The minimum Gasteiger partial charge on any atom is -0.508 e. The molecule has 0 aliphatic carbocycles. The van der Waals surface area contributed by atoms with Crippen LogP contribution in [-0.2, 0) is 12.8 Å². The molecule has 2 aliphatic heterocycles. The first-order chi connectivity index (χ1) is 27.8. The van der Waals surface area contributed by atoms with Gasteiger partial charge in [-0.3, -0.25) is 0 Å². The summed E-state index contributed by atoms with van der Waals surface area (Å²) >= 11 is 0. The number of benzene rings is 2. The van der Waals surface area contributed by atoms with Crippen molar-refractivity contribution in [3.63, 3.8) is 0 Å². The predicted molar refractivity (Wildman–Crippen MR) is 254 cm³/mol. The van der Waals surface area contributed by atoms with Gasteiger partial charge >= 0.3 is 0 Å². The summed E-state index contributed by atoms with van der Waals surface area (Å²) in [6, 6.07) is 5.53. The van der Waals surface area contributed by atoms with E-state index in [0.29, 0.717) is 11.5 Å². The molecular weight excluding hydrogens is 725 g/mol. The van der Waals surface area contributed by atoms with Gasteiger partial charge in [0.2, 0.25) is 0 Å². The van der Waals surface area contributed by atoms with Gasteiger partial charge in [0, 0.05) is 0 Å². The molecule has 0 aromatic heterocycles. The maximum Gasteiger partial charge on any atom is 0.126 e. The van der Waals surface area contributed by atoms with E-state index in [9.17, 15) is 10.2 Å².